The molecule has 0 bridgehead atoms. The van der Waals surface area contributed by atoms with Gasteiger partial charge in [0.15, 0.2) is 11.6 Å². The molecule has 0 fully saturated rings. The number of aromatic nitrogens is 1. The van der Waals surface area contributed by atoms with Crippen LogP contribution in [0.5, 0.6) is 5.75 Å². The number of methoxy groups -OCH3 is 1. The molecule has 1 aromatic carbocycles. The van der Waals surface area contributed by atoms with Crippen molar-refractivity contribution < 1.29 is 27.1 Å². The Morgan fingerprint density at radius 1 is 1.24 bits per heavy atom. The zero-order chi connectivity index (χ0) is 18.8. The number of H-pyrrole nitrogens is 1. The van der Waals surface area contributed by atoms with Crippen LogP contribution in [0.1, 0.15) is 34.6 Å². The first-order chi connectivity index (χ1) is 11.6. The second kappa shape index (κ2) is 6.96. The lowest BCUT2D eigenvalue weighted by molar-refractivity contribution is -0.141. The lowest BCUT2D eigenvalue weighted by Gasteiger charge is -2.15. The van der Waals surface area contributed by atoms with Crippen molar-refractivity contribution in [3.63, 3.8) is 0 Å². The summed E-state index contributed by atoms with van der Waals surface area (Å²) in [5, 5.41) is 2.43. The lowest BCUT2D eigenvalue weighted by atomic mass is 10.1. The second-order valence-corrected chi connectivity index (χ2v) is 5.20. The highest BCUT2D eigenvalue weighted by molar-refractivity contribution is 5.94. The number of ether oxygens (including phenoxy) is 1. The molecule has 0 aliphatic heterocycles. The number of carbonyl (C=O) groups excluding carboxylic acids is 1. The number of alkyl halides is 3. The SMILES string of the molecule is COc1ccc([C@H](C)NC(=O)c2ccc(C(F)(F)F)[nH]c2=O)cc1F. The molecule has 5 nitrogen and oxygen atoms in total. The summed E-state index contributed by atoms with van der Waals surface area (Å²) in [5.74, 6) is -1.48. The fourth-order valence-corrected chi connectivity index (χ4v) is 2.13. The van der Waals surface area contributed by atoms with Crippen LogP contribution in [0.2, 0.25) is 0 Å². The van der Waals surface area contributed by atoms with Crippen LogP contribution in [-0.2, 0) is 6.18 Å². The molecule has 2 aromatic rings. The number of hydrogen-bond acceptors (Lipinski definition) is 3. The van der Waals surface area contributed by atoms with E-state index in [1.54, 1.807) is 4.98 Å². The zero-order valence-corrected chi connectivity index (χ0v) is 13.2. The molecule has 0 aliphatic carbocycles. The Hall–Kier alpha value is -2.84. The molecule has 1 heterocycles. The molecule has 0 radical (unpaired) electrons. The van der Waals surface area contributed by atoms with E-state index >= 15 is 0 Å². The minimum Gasteiger partial charge on any atom is -0.494 e. The molecule has 9 heteroatoms. The quantitative estimate of drug-likeness (QED) is 0.826. The monoisotopic (exact) mass is 358 g/mol. The summed E-state index contributed by atoms with van der Waals surface area (Å²) in [7, 11) is 1.31. The van der Waals surface area contributed by atoms with Gasteiger partial charge in [-0.15, -0.1) is 0 Å². The third-order valence-corrected chi connectivity index (χ3v) is 3.48. The Morgan fingerprint density at radius 3 is 2.44 bits per heavy atom. The van der Waals surface area contributed by atoms with Gasteiger partial charge < -0.3 is 15.0 Å². The molecule has 1 aromatic heterocycles. The molecule has 1 atom stereocenters. The van der Waals surface area contributed by atoms with Gasteiger partial charge in [-0.05, 0) is 36.8 Å². The predicted octanol–water partition coefficient (Wildman–Crippen LogP) is 3.03. The van der Waals surface area contributed by atoms with E-state index in [2.05, 4.69) is 5.32 Å². The summed E-state index contributed by atoms with van der Waals surface area (Å²) >= 11 is 0. The van der Waals surface area contributed by atoms with Crippen LogP contribution < -0.4 is 15.6 Å². The van der Waals surface area contributed by atoms with E-state index in [1.165, 1.54) is 26.2 Å². The van der Waals surface area contributed by atoms with Crippen LogP contribution in [-0.4, -0.2) is 18.0 Å². The standard InChI is InChI=1S/C16H14F4N2O3/c1-8(9-3-5-12(25-2)11(17)7-9)21-14(23)10-4-6-13(16(18,19)20)22-15(10)24/h3-8H,1-2H3,(H,21,23)(H,22,24)/t8-/m0/s1. The molecular weight excluding hydrogens is 344 g/mol. The highest BCUT2D eigenvalue weighted by Crippen LogP contribution is 2.26. The lowest BCUT2D eigenvalue weighted by Crippen LogP contribution is -2.32. The fourth-order valence-electron chi connectivity index (χ4n) is 2.13. The summed E-state index contributed by atoms with van der Waals surface area (Å²) < 4.78 is 56.0. The van der Waals surface area contributed by atoms with Gasteiger partial charge in [-0.3, -0.25) is 9.59 Å². The van der Waals surface area contributed by atoms with Gasteiger partial charge in [0.1, 0.15) is 11.3 Å². The van der Waals surface area contributed by atoms with Crippen molar-refractivity contribution in [2.24, 2.45) is 0 Å². The van der Waals surface area contributed by atoms with Gasteiger partial charge in [0.25, 0.3) is 11.5 Å². The number of benzene rings is 1. The Kier molecular flexibility index (Phi) is 5.15. The molecule has 0 saturated carbocycles. The Labute approximate surface area is 139 Å². The van der Waals surface area contributed by atoms with Gasteiger partial charge in [-0.1, -0.05) is 6.07 Å². The maximum absolute atomic E-state index is 13.7. The summed E-state index contributed by atoms with van der Waals surface area (Å²) in [4.78, 5) is 25.4. The Morgan fingerprint density at radius 2 is 1.92 bits per heavy atom. The Balaban J connectivity index is 2.19. The van der Waals surface area contributed by atoms with Gasteiger partial charge in [0.2, 0.25) is 0 Å². The summed E-state index contributed by atoms with van der Waals surface area (Å²) in [6.45, 7) is 1.54. The van der Waals surface area contributed by atoms with E-state index in [0.717, 1.165) is 12.1 Å². The highest BCUT2D eigenvalue weighted by Gasteiger charge is 2.32. The molecule has 0 unspecified atom stereocenters. The average Bonchev–Trinajstić information content (AvgIpc) is 2.53. The summed E-state index contributed by atoms with van der Waals surface area (Å²) in [6, 6.07) is 4.75. The third kappa shape index (κ3) is 4.17. The normalized spacial score (nSPS) is 12.6. The Bertz CT molecular complexity index is 846. The van der Waals surface area contributed by atoms with E-state index in [-0.39, 0.29) is 5.75 Å². The number of pyridine rings is 1. The van der Waals surface area contributed by atoms with Crippen molar-refractivity contribution in [3.8, 4) is 5.75 Å². The van der Waals surface area contributed by atoms with E-state index in [0.29, 0.717) is 11.6 Å². The number of amides is 1. The summed E-state index contributed by atoms with van der Waals surface area (Å²) in [5.41, 5.74) is -2.50. The number of nitrogens with one attached hydrogen (secondary N) is 2. The van der Waals surface area contributed by atoms with Crippen LogP contribution in [0.3, 0.4) is 0 Å². The molecular formula is C16H14F4N2O3. The van der Waals surface area contributed by atoms with Crippen LogP contribution in [0.4, 0.5) is 17.6 Å². The van der Waals surface area contributed by atoms with Crippen molar-refractivity contribution in [1.29, 1.82) is 0 Å². The van der Waals surface area contributed by atoms with Gasteiger partial charge in [0.05, 0.1) is 13.2 Å². The number of halogens is 4. The minimum absolute atomic E-state index is 0.0291. The predicted molar refractivity (Wildman–Crippen MR) is 80.9 cm³/mol. The third-order valence-electron chi connectivity index (χ3n) is 3.48. The maximum atomic E-state index is 13.7. The molecule has 0 saturated heterocycles. The second-order valence-electron chi connectivity index (χ2n) is 5.20. The van der Waals surface area contributed by atoms with Gasteiger partial charge in [0, 0.05) is 0 Å². The molecule has 0 aliphatic rings. The van der Waals surface area contributed by atoms with Gasteiger partial charge >= 0.3 is 6.18 Å². The van der Waals surface area contributed by atoms with Crippen molar-refractivity contribution in [2.75, 3.05) is 7.11 Å². The van der Waals surface area contributed by atoms with Gasteiger partial charge in [-0.25, -0.2) is 4.39 Å². The first-order valence-electron chi connectivity index (χ1n) is 7.08. The van der Waals surface area contributed by atoms with Crippen molar-refractivity contribution in [2.45, 2.75) is 19.1 Å². The number of aromatic amines is 1. The number of rotatable bonds is 4. The fraction of sp³-hybridized carbons (Fsp3) is 0.250. The van der Waals surface area contributed by atoms with Crippen LogP contribution in [0.15, 0.2) is 35.1 Å². The molecule has 134 valence electrons. The van der Waals surface area contributed by atoms with Crippen LogP contribution >= 0.6 is 0 Å². The van der Waals surface area contributed by atoms with E-state index in [1.807, 2.05) is 0 Å². The maximum Gasteiger partial charge on any atom is 0.431 e. The van der Waals surface area contributed by atoms with E-state index in [4.69, 9.17) is 4.74 Å². The molecule has 2 N–H and O–H groups in total. The smallest absolute Gasteiger partial charge is 0.431 e. The highest BCUT2D eigenvalue weighted by atomic mass is 19.4. The number of carbonyl (C=O) groups is 1. The zero-order valence-electron chi connectivity index (χ0n) is 13.2. The molecule has 1 amide bonds. The van der Waals surface area contributed by atoms with E-state index < -0.39 is 40.8 Å². The molecule has 0 spiro atoms. The van der Waals surface area contributed by atoms with Crippen molar-refractivity contribution in [1.82, 2.24) is 10.3 Å². The van der Waals surface area contributed by atoms with Crippen molar-refractivity contribution >= 4 is 5.91 Å². The molecule has 25 heavy (non-hydrogen) atoms. The van der Waals surface area contributed by atoms with Crippen LogP contribution in [0.25, 0.3) is 0 Å². The van der Waals surface area contributed by atoms with Crippen LogP contribution in [0, 0.1) is 5.82 Å². The summed E-state index contributed by atoms with van der Waals surface area (Å²) in [6.07, 6.45) is -4.72. The topological polar surface area (TPSA) is 71.2 Å². The van der Waals surface area contributed by atoms with Crippen molar-refractivity contribution in [3.05, 3.63) is 63.3 Å². The number of hydrogen-bond donors (Lipinski definition) is 2. The minimum atomic E-state index is -4.72. The average molecular weight is 358 g/mol. The molecule has 2 rings (SSSR count). The van der Waals surface area contributed by atoms with E-state index in [9.17, 15) is 27.2 Å². The largest absolute Gasteiger partial charge is 0.494 e. The van der Waals surface area contributed by atoms with Gasteiger partial charge in [-0.2, -0.15) is 13.2 Å². The first kappa shape index (κ1) is 18.5. The first-order valence-corrected chi connectivity index (χ1v) is 7.08.